The second-order valence-corrected chi connectivity index (χ2v) is 12.9. The second kappa shape index (κ2) is 16.0. The number of carbonyl (C=O) groups excluding carboxylic acids is 3. The number of aryl methyl sites for hydroxylation is 2. The minimum atomic E-state index is -0.818. The summed E-state index contributed by atoms with van der Waals surface area (Å²) >= 11 is 0. The number of alkyl carbamates (subject to hydrolysis) is 1. The molecule has 7 nitrogen and oxygen atoms in total. The first kappa shape index (κ1) is 33.6. The van der Waals surface area contributed by atoms with Crippen molar-refractivity contribution >= 4 is 17.9 Å². The van der Waals surface area contributed by atoms with Crippen molar-refractivity contribution < 1.29 is 19.1 Å². The van der Waals surface area contributed by atoms with E-state index < -0.39 is 23.8 Å². The fourth-order valence-corrected chi connectivity index (χ4v) is 5.49. The summed E-state index contributed by atoms with van der Waals surface area (Å²) in [6, 6.07) is 4.59. The van der Waals surface area contributed by atoms with Crippen molar-refractivity contribution in [1.82, 2.24) is 15.5 Å². The van der Waals surface area contributed by atoms with Gasteiger partial charge in [0.1, 0.15) is 17.7 Å². The van der Waals surface area contributed by atoms with Crippen LogP contribution in [0.15, 0.2) is 18.2 Å². The predicted molar refractivity (Wildman–Crippen MR) is 162 cm³/mol. The molecule has 0 aromatic heterocycles. The largest absolute Gasteiger partial charge is 0.444 e. The lowest BCUT2D eigenvalue weighted by molar-refractivity contribution is -0.143. The molecule has 2 unspecified atom stereocenters. The molecule has 2 atom stereocenters. The van der Waals surface area contributed by atoms with Crippen molar-refractivity contribution in [2.45, 2.75) is 143 Å². The van der Waals surface area contributed by atoms with Crippen LogP contribution in [0.2, 0.25) is 0 Å². The van der Waals surface area contributed by atoms with E-state index in [-0.39, 0.29) is 23.8 Å². The van der Waals surface area contributed by atoms with Crippen LogP contribution in [0.4, 0.5) is 4.79 Å². The van der Waals surface area contributed by atoms with E-state index in [1.54, 1.807) is 25.7 Å². The van der Waals surface area contributed by atoms with Crippen molar-refractivity contribution in [3.63, 3.8) is 0 Å². The third-order valence-electron chi connectivity index (χ3n) is 7.62. The number of unbranched alkanes of at least 4 members (excludes halogenated alkanes) is 4. The molecule has 1 aliphatic rings. The highest BCUT2D eigenvalue weighted by molar-refractivity contribution is 5.92. The first-order chi connectivity index (χ1) is 18.8. The second-order valence-electron chi connectivity index (χ2n) is 12.9. The van der Waals surface area contributed by atoms with E-state index in [1.807, 2.05) is 39.8 Å². The van der Waals surface area contributed by atoms with Crippen molar-refractivity contribution in [1.29, 1.82) is 0 Å². The number of benzene rings is 1. The molecule has 7 heteroatoms. The molecule has 1 fully saturated rings. The van der Waals surface area contributed by atoms with Crippen LogP contribution >= 0.6 is 0 Å². The summed E-state index contributed by atoms with van der Waals surface area (Å²) in [5.41, 5.74) is 2.24. The van der Waals surface area contributed by atoms with E-state index in [2.05, 4.69) is 23.6 Å². The number of rotatable bonds is 13. The summed E-state index contributed by atoms with van der Waals surface area (Å²) < 4.78 is 5.50. The molecular weight excluding hydrogens is 502 g/mol. The van der Waals surface area contributed by atoms with Crippen LogP contribution in [0, 0.1) is 19.8 Å². The van der Waals surface area contributed by atoms with E-state index in [1.165, 1.54) is 6.42 Å². The Bertz CT molecular complexity index is 963. The number of ether oxygens (including phenoxy) is 1. The Morgan fingerprint density at radius 1 is 1.00 bits per heavy atom. The van der Waals surface area contributed by atoms with Gasteiger partial charge in [-0.05, 0) is 70.9 Å². The average molecular weight is 558 g/mol. The molecule has 0 radical (unpaired) electrons. The third kappa shape index (κ3) is 10.8. The van der Waals surface area contributed by atoms with Gasteiger partial charge >= 0.3 is 6.09 Å². The van der Waals surface area contributed by atoms with Crippen molar-refractivity contribution in [2.75, 3.05) is 6.54 Å². The molecule has 226 valence electrons. The molecular formula is C33H55N3O4. The summed E-state index contributed by atoms with van der Waals surface area (Å²) in [7, 11) is 0. The molecule has 40 heavy (non-hydrogen) atoms. The zero-order valence-corrected chi connectivity index (χ0v) is 26.4. The zero-order valence-electron chi connectivity index (χ0n) is 26.4. The fourth-order valence-electron chi connectivity index (χ4n) is 5.49. The molecule has 1 aromatic carbocycles. The van der Waals surface area contributed by atoms with Crippen LogP contribution in [0.1, 0.15) is 128 Å². The summed E-state index contributed by atoms with van der Waals surface area (Å²) in [5.74, 6) is -0.579. The molecule has 0 spiro atoms. The molecule has 3 amide bonds. The highest BCUT2D eigenvalue weighted by atomic mass is 16.6. The summed E-state index contributed by atoms with van der Waals surface area (Å²) in [6.45, 7) is 15.9. The molecule has 0 saturated heterocycles. The van der Waals surface area contributed by atoms with Crippen LogP contribution in [-0.2, 0) is 14.3 Å². The van der Waals surface area contributed by atoms with Gasteiger partial charge in [0.25, 0.3) is 0 Å². The van der Waals surface area contributed by atoms with Gasteiger partial charge < -0.3 is 20.3 Å². The first-order valence-electron chi connectivity index (χ1n) is 15.5. The van der Waals surface area contributed by atoms with Gasteiger partial charge in [-0.15, -0.1) is 0 Å². The van der Waals surface area contributed by atoms with Gasteiger partial charge in [-0.3, -0.25) is 9.59 Å². The molecule has 2 N–H and O–H groups in total. The van der Waals surface area contributed by atoms with Crippen LogP contribution in [-0.4, -0.2) is 47.0 Å². The zero-order chi connectivity index (χ0) is 29.9. The number of carbonyl (C=O) groups is 3. The predicted octanol–water partition coefficient (Wildman–Crippen LogP) is 7.14. The van der Waals surface area contributed by atoms with Gasteiger partial charge in [-0.2, -0.15) is 0 Å². The fraction of sp³-hybridized carbons (Fsp3) is 0.727. The van der Waals surface area contributed by atoms with Gasteiger partial charge in [0.2, 0.25) is 11.8 Å². The average Bonchev–Trinajstić information content (AvgIpc) is 2.86. The Morgan fingerprint density at radius 2 is 1.65 bits per heavy atom. The minimum Gasteiger partial charge on any atom is -0.444 e. The Morgan fingerprint density at radius 3 is 2.23 bits per heavy atom. The molecule has 0 heterocycles. The quantitative estimate of drug-likeness (QED) is 0.252. The lowest BCUT2D eigenvalue weighted by Gasteiger charge is -2.37. The SMILES string of the molecule is CCCCCCCN(C(=O)C(NC(=O)OC(C)(C)C)C(C)C)C(C(=O)NC1CCCCC1)c1ccc(C)cc1C. The van der Waals surface area contributed by atoms with Crippen molar-refractivity contribution in [3.8, 4) is 0 Å². The van der Waals surface area contributed by atoms with Gasteiger partial charge in [-0.1, -0.05) is 89.5 Å². The van der Waals surface area contributed by atoms with E-state index in [4.69, 9.17) is 4.74 Å². The van der Waals surface area contributed by atoms with Gasteiger partial charge in [-0.25, -0.2) is 4.79 Å². The number of nitrogens with zero attached hydrogens (tertiary/aromatic N) is 1. The highest BCUT2D eigenvalue weighted by Gasteiger charge is 2.38. The number of amides is 3. The third-order valence-corrected chi connectivity index (χ3v) is 7.62. The van der Waals surface area contributed by atoms with E-state index in [0.29, 0.717) is 6.54 Å². The monoisotopic (exact) mass is 557 g/mol. The highest BCUT2D eigenvalue weighted by Crippen LogP contribution is 2.29. The molecule has 1 aromatic rings. The normalized spacial score (nSPS) is 15.8. The Balaban J connectivity index is 2.48. The van der Waals surface area contributed by atoms with E-state index in [9.17, 15) is 14.4 Å². The van der Waals surface area contributed by atoms with E-state index >= 15 is 0 Å². The van der Waals surface area contributed by atoms with E-state index in [0.717, 1.165) is 74.5 Å². The number of nitrogens with one attached hydrogen (secondary N) is 2. The Labute approximate surface area is 243 Å². The van der Waals surface area contributed by atoms with Crippen LogP contribution in [0.5, 0.6) is 0 Å². The molecule has 1 saturated carbocycles. The molecule has 0 bridgehead atoms. The smallest absolute Gasteiger partial charge is 0.408 e. The van der Waals surface area contributed by atoms with Crippen molar-refractivity contribution in [2.24, 2.45) is 5.92 Å². The molecule has 0 aliphatic heterocycles. The van der Waals surface area contributed by atoms with Gasteiger partial charge in [0.05, 0.1) is 0 Å². The lowest BCUT2D eigenvalue weighted by Crippen LogP contribution is -2.55. The minimum absolute atomic E-state index is 0.122. The maximum atomic E-state index is 14.4. The number of hydrogen-bond donors (Lipinski definition) is 2. The van der Waals surface area contributed by atoms with Crippen LogP contribution < -0.4 is 10.6 Å². The maximum absolute atomic E-state index is 14.4. The van der Waals surface area contributed by atoms with Crippen LogP contribution in [0.25, 0.3) is 0 Å². The van der Waals surface area contributed by atoms with Gasteiger partial charge in [0, 0.05) is 12.6 Å². The van der Waals surface area contributed by atoms with Gasteiger partial charge in [0.15, 0.2) is 0 Å². The first-order valence-corrected chi connectivity index (χ1v) is 15.5. The van der Waals surface area contributed by atoms with Crippen LogP contribution in [0.3, 0.4) is 0 Å². The Hall–Kier alpha value is -2.57. The number of hydrogen-bond acceptors (Lipinski definition) is 4. The standard InChI is InChI=1S/C33H55N3O4/c1-9-10-11-12-16-21-36(31(38)28(23(2)3)35-32(39)40-33(6,7)8)29(27-20-19-24(4)22-25(27)5)30(37)34-26-17-14-13-15-18-26/h19-20,22-23,26,28-29H,9-18,21H2,1-8H3,(H,34,37)(H,35,39). The topological polar surface area (TPSA) is 87.7 Å². The lowest BCUT2D eigenvalue weighted by atomic mass is 9.92. The summed E-state index contributed by atoms with van der Waals surface area (Å²) in [5, 5.41) is 6.13. The maximum Gasteiger partial charge on any atom is 0.408 e. The molecule has 2 rings (SSSR count). The summed E-state index contributed by atoms with van der Waals surface area (Å²) in [6.07, 6.45) is 9.84. The Kier molecular flexibility index (Phi) is 13.5. The van der Waals surface area contributed by atoms with Crippen molar-refractivity contribution in [3.05, 3.63) is 34.9 Å². The molecule has 1 aliphatic carbocycles. The summed E-state index contributed by atoms with van der Waals surface area (Å²) in [4.78, 5) is 43.0.